The van der Waals surface area contributed by atoms with Gasteiger partial charge in [-0.3, -0.25) is 0 Å². The Labute approximate surface area is 39.0 Å². The maximum atomic E-state index is 5.06. The van der Waals surface area contributed by atoms with Gasteiger partial charge in [0.15, 0.2) is 0 Å². The number of hydrogen-bond acceptors (Lipinski definition) is 2. The van der Waals surface area contributed by atoms with Crippen LogP contribution < -0.4 is 5.73 Å². The van der Waals surface area contributed by atoms with Crippen LogP contribution in [-0.2, 0) is 0 Å². The first-order chi connectivity index (χ1) is 2.64. The van der Waals surface area contributed by atoms with Gasteiger partial charge >= 0.3 is 37.9 Å². The first kappa shape index (κ1) is 5.53. The molecule has 0 aliphatic carbocycles. The quantitative estimate of drug-likeness (QED) is 0.402. The molecule has 0 spiro atoms. The summed E-state index contributed by atoms with van der Waals surface area (Å²) in [7, 11) is 8.63. The molecule has 0 saturated heterocycles. The zero-order valence-corrected chi connectivity index (χ0v) is 4.10. The summed E-state index contributed by atoms with van der Waals surface area (Å²) in [5.41, 5.74) is 5.40. The molecule has 0 bridgehead atoms. The van der Waals surface area contributed by atoms with Crippen molar-refractivity contribution in [1.29, 1.82) is 0 Å². The molecule has 0 amide bonds. The molecule has 6 heavy (non-hydrogen) atoms. The Morgan fingerprint density at radius 3 is 1.83 bits per heavy atom. The third-order valence-electron chi connectivity index (χ3n) is 0.516. The van der Waals surface area contributed by atoms with Gasteiger partial charge in [-0.25, -0.2) is 0 Å². The fourth-order valence-electron chi connectivity index (χ4n) is 0. The molecule has 0 aromatic heterocycles. The summed E-state index contributed by atoms with van der Waals surface area (Å²) in [6, 6.07) is 0. The van der Waals surface area contributed by atoms with Crippen molar-refractivity contribution in [3.8, 4) is 0 Å². The number of nitrogens with zero attached hydrogens (tertiary/aromatic N) is 1. The maximum absolute atomic E-state index is 5.06. The average molecular weight is 82.9 g/mol. The predicted octanol–water partition coefficient (Wildman–Crippen LogP) is -1.24. The normalized spacial score (nSPS) is 7.50. The average Bonchev–Trinajstić information content (AvgIpc) is 1.36. The fourth-order valence-corrected chi connectivity index (χ4v) is 0. The van der Waals surface area contributed by atoms with Gasteiger partial charge in [0.05, 0.1) is 0 Å². The Hall–Kier alpha value is -0.465. The van der Waals surface area contributed by atoms with E-state index in [0.717, 1.165) is 0 Å². The molecular weight excluding hydrogens is 74.9 g/mol. The molecule has 0 aromatic carbocycles. The molecule has 0 aromatic rings. The van der Waals surface area contributed by atoms with Crippen LogP contribution in [-0.4, -0.2) is 32.2 Å². The van der Waals surface area contributed by atoms with Crippen molar-refractivity contribution in [1.82, 2.24) is 4.90 Å². The van der Waals surface area contributed by atoms with E-state index in [1.807, 2.05) is 0 Å². The fraction of sp³-hybridized carbons (Fsp3) is 0.667. The molecule has 0 heterocycles. The first-order valence-electron chi connectivity index (χ1n) is 1.70. The molecule has 0 unspecified atom stereocenters. The second-order valence-electron chi connectivity index (χ2n) is 1.32. The summed E-state index contributed by atoms with van der Waals surface area (Å²) in [5.74, 6) is 0. The van der Waals surface area contributed by atoms with E-state index in [1.54, 1.807) is 19.0 Å². The van der Waals surface area contributed by atoms with E-state index in [0.29, 0.717) is 5.71 Å². The molecule has 3 heteroatoms. The van der Waals surface area contributed by atoms with Gasteiger partial charge in [0, 0.05) is 0 Å². The van der Waals surface area contributed by atoms with Crippen molar-refractivity contribution in [3.05, 3.63) is 0 Å². The topological polar surface area (TPSA) is 29.3 Å². The zero-order chi connectivity index (χ0) is 5.15. The summed E-state index contributed by atoms with van der Waals surface area (Å²) < 4.78 is 0. The summed E-state index contributed by atoms with van der Waals surface area (Å²) in [6.07, 6.45) is 0. The SMILES string of the molecule is [B]=C(N)N(C)C. The van der Waals surface area contributed by atoms with Crippen LogP contribution in [0, 0.1) is 0 Å². The van der Waals surface area contributed by atoms with Crippen molar-refractivity contribution in [2.24, 2.45) is 5.73 Å². The van der Waals surface area contributed by atoms with Gasteiger partial charge in [-0.05, 0) is 0 Å². The van der Waals surface area contributed by atoms with Gasteiger partial charge in [-0.2, -0.15) is 0 Å². The Morgan fingerprint density at radius 2 is 1.83 bits per heavy atom. The number of nitrogens with two attached hydrogens (primary N) is 1. The van der Waals surface area contributed by atoms with Crippen molar-refractivity contribution in [2.75, 3.05) is 14.1 Å². The van der Waals surface area contributed by atoms with Crippen molar-refractivity contribution in [3.63, 3.8) is 0 Å². The molecule has 2 nitrogen and oxygen atoms in total. The molecule has 0 aliphatic heterocycles. The molecule has 0 rings (SSSR count). The van der Waals surface area contributed by atoms with E-state index in [2.05, 4.69) is 0 Å². The molecule has 2 N–H and O–H groups in total. The summed E-state index contributed by atoms with van der Waals surface area (Å²) in [6.45, 7) is 0. The van der Waals surface area contributed by atoms with E-state index < -0.39 is 0 Å². The van der Waals surface area contributed by atoms with Crippen LogP contribution in [0.4, 0.5) is 0 Å². The molecule has 1 radical (unpaired) electrons. The minimum atomic E-state index is 0.343. The Morgan fingerprint density at radius 1 is 1.67 bits per heavy atom. The van der Waals surface area contributed by atoms with E-state index in [4.69, 9.17) is 13.2 Å². The van der Waals surface area contributed by atoms with E-state index in [1.165, 1.54) is 0 Å². The van der Waals surface area contributed by atoms with Crippen LogP contribution in [0.2, 0.25) is 0 Å². The van der Waals surface area contributed by atoms with Crippen molar-refractivity contribution < 1.29 is 0 Å². The molecular formula is C3H8BN2. The third-order valence-corrected chi connectivity index (χ3v) is 0.516. The Balaban J connectivity index is 3.26. The second kappa shape index (κ2) is 1.85. The van der Waals surface area contributed by atoms with Crippen LogP contribution >= 0.6 is 0 Å². The summed E-state index contributed by atoms with van der Waals surface area (Å²) >= 11 is 0. The number of hydrogen-bond donors (Lipinski definition) is 1. The Bertz CT molecular complexity index is 59.8. The van der Waals surface area contributed by atoms with E-state index in [9.17, 15) is 0 Å². The molecule has 0 atom stereocenters. The molecule has 0 aliphatic rings. The van der Waals surface area contributed by atoms with Crippen LogP contribution in [0.15, 0.2) is 0 Å². The van der Waals surface area contributed by atoms with Gasteiger partial charge < -0.3 is 0 Å². The van der Waals surface area contributed by atoms with Crippen LogP contribution in [0.5, 0.6) is 0 Å². The van der Waals surface area contributed by atoms with Crippen LogP contribution in [0.1, 0.15) is 0 Å². The predicted molar refractivity (Wildman–Crippen MR) is 28.6 cm³/mol. The standard InChI is InChI=1S/C3H8BN2/c1-6(2)3(4)5/h5H2,1-2H3. The van der Waals surface area contributed by atoms with E-state index >= 15 is 0 Å². The zero-order valence-electron chi connectivity index (χ0n) is 4.10. The van der Waals surface area contributed by atoms with Gasteiger partial charge in [-0.15, -0.1) is 0 Å². The van der Waals surface area contributed by atoms with Crippen LogP contribution in [0.3, 0.4) is 0 Å². The molecule has 33 valence electrons. The molecule has 0 saturated carbocycles. The van der Waals surface area contributed by atoms with Crippen molar-refractivity contribution in [2.45, 2.75) is 0 Å². The molecule has 0 fully saturated rings. The second-order valence-corrected chi connectivity index (χ2v) is 1.32. The van der Waals surface area contributed by atoms with E-state index in [-0.39, 0.29) is 0 Å². The third kappa shape index (κ3) is 1.82. The van der Waals surface area contributed by atoms with Crippen LogP contribution in [0.25, 0.3) is 0 Å². The summed E-state index contributed by atoms with van der Waals surface area (Å²) in [4.78, 5) is 1.64. The summed E-state index contributed by atoms with van der Waals surface area (Å²) in [5, 5.41) is 0. The van der Waals surface area contributed by atoms with Gasteiger partial charge in [0.1, 0.15) is 0 Å². The van der Waals surface area contributed by atoms with Crippen molar-refractivity contribution >= 4 is 13.2 Å². The minimum absolute atomic E-state index is 0.343. The monoisotopic (exact) mass is 83.1 g/mol. The first-order valence-corrected chi connectivity index (χ1v) is 1.70. The Kier molecular flexibility index (Phi) is 1.71. The van der Waals surface area contributed by atoms with Gasteiger partial charge in [0.25, 0.3) is 0 Å². The van der Waals surface area contributed by atoms with Gasteiger partial charge in [-0.1, -0.05) is 0 Å². The van der Waals surface area contributed by atoms with Gasteiger partial charge in [0.2, 0.25) is 0 Å². The number of rotatable bonds is 1.